The molecule has 0 radical (unpaired) electrons. The number of oxazole rings is 1. The van der Waals surface area contributed by atoms with E-state index in [0.717, 1.165) is 0 Å². The number of hydrogen-bond donors (Lipinski definition) is 1. The van der Waals surface area contributed by atoms with Crippen LogP contribution in [-0.2, 0) is 4.74 Å². The van der Waals surface area contributed by atoms with Gasteiger partial charge in [-0.15, -0.1) is 0 Å². The fraction of sp³-hybridized carbons (Fsp3) is 0.364. The molecule has 100 valence electrons. The number of non-ortho nitro benzene ring substituents is 1. The molecular weight excluding hydrogens is 252 g/mol. The van der Waals surface area contributed by atoms with Crippen LogP contribution in [0.3, 0.4) is 0 Å². The summed E-state index contributed by atoms with van der Waals surface area (Å²) in [4.78, 5) is 14.5. The lowest BCUT2D eigenvalue weighted by atomic mass is 10.3. The van der Waals surface area contributed by atoms with Gasteiger partial charge in [0, 0.05) is 19.2 Å². The van der Waals surface area contributed by atoms with Crippen molar-refractivity contribution in [1.29, 1.82) is 0 Å². The Bertz CT molecular complexity index is 606. The van der Waals surface area contributed by atoms with Gasteiger partial charge in [-0.2, -0.15) is 4.98 Å². The van der Waals surface area contributed by atoms with E-state index in [0.29, 0.717) is 31.9 Å². The first-order chi connectivity index (χ1) is 9.24. The van der Waals surface area contributed by atoms with Crippen LogP contribution < -0.4 is 5.43 Å². The minimum atomic E-state index is -0.469. The highest BCUT2D eigenvalue weighted by atomic mass is 16.6. The summed E-state index contributed by atoms with van der Waals surface area (Å²) in [5, 5.41) is 12.8. The van der Waals surface area contributed by atoms with Crippen molar-refractivity contribution in [3.63, 3.8) is 0 Å². The Kier molecular flexibility index (Phi) is 3.02. The van der Waals surface area contributed by atoms with Gasteiger partial charge >= 0.3 is 6.01 Å². The maximum Gasteiger partial charge on any atom is 0.310 e. The van der Waals surface area contributed by atoms with Gasteiger partial charge in [-0.1, -0.05) is 6.07 Å². The molecular formula is C11H12N4O4. The number of nitrogens with zero attached hydrogens (tertiary/aromatic N) is 3. The van der Waals surface area contributed by atoms with Crippen LogP contribution in [0.25, 0.3) is 11.1 Å². The number of ether oxygens (including phenoxy) is 1. The highest BCUT2D eigenvalue weighted by Crippen LogP contribution is 2.27. The number of rotatable bonds is 3. The highest BCUT2D eigenvalue weighted by Gasteiger charge is 2.19. The van der Waals surface area contributed by atoms with E-state index in [9.17, 15) is 10.1 Å². The Morgan fingerprint density at radius 1 is 1.37 bits per heavy atom. The molecule has 0 spiro atoms. The van der Waals surface area contributed by atoms with Gasteiger partial charge in [-0.05, 0) is 6.07 Å². The van der Waals surface area contributed by atoms with Crippen molar-refractivity contribution in [2.45, 2.75) is 0 Å². The average Bonchev–Trinajstić information content (AvgIpc) is 2.81. The Balaban J connectivity index is 1.88. The summed E-state index contributed by atoms with van der Waals surface area (Å²) in [5.41, 5.74) is 3.58. The third kappa shape index (κ3) is 2.35. The number of nitrogens with one attached hydrogen (secondary N) is 1. The Labute approximate surface area is 108 Å². The highest BCUT2D eigenvalue weighted by molar-refractivity contribution is 5.83. The van der Waals surface area contributed by atoms with Crippen molar-refractivity contribution in [2.75, 3.05) is 31.7 Å². The lowest BCUT2D eigenvalue weighted by molar-refractivity contribution is -0.383. The summed E-state index contributed by atoms with van der Waals surface area (Å²) in [6, 6.07) is 4.89. The largest absolute Gasteiger partial charge is 0.422 e. The molecule has 2 aromatic rings. The van der Waals surface area contributed by atoms with Crippen molar-refractivity contribution in [1.82, 2.24) is 9.99 Å². The molecule has 0 bridgehead atoms. The molecule has 0 unspecified atom stereocenters. The monoisotopic (exact) mass is 264 g/mol. The quantitative estimate of drug-likeness (QED) is 0.661. The van der Waals surface area contributed by atoms with Crippen LogP contribution in [0.2, 0.25) is 0 Å². The van der Waals surface area contributed by atoms with Crippen LogP contribution >= 0.6 is 0 Å². The van der Waals surface area contributed by atoms with Gasteiger partial charge in [0.25, 0.3) is 5.69 Å². The number of anilines is 1. The van der Waals surface area contributed by atoms with Crippen molar-refractivity contribution in [3.05, 3.63) is 28.3 Å². The summed E-state index contributed by atoms with van der Waals surface area (Å²) in [7, 11) is 0. The summed E-state index contributed by atoms with van der Waals surface area (Å²) < 4.78 is 10.7. The zero-order valence-electron chi connectivity index (χ0n) is 10.0. The smallest absolute Gasteiger partial charge is 0.310 e. The SMILES string of the molecule is O=[N+]([O-])c1cccc2oc(NN3CCOCC3)nc12. The first kappa shape index (κ1) is 11.9. The maximum absolute atomic E-state index is 10.9. The van der Waals surface area contributed by atoms with E-state index in [1.54, 1.807) is 12.1 Å². The molecule has 0 saturated carbocycles. The molecule has 0 amide bonds. The van der Waals surface area contributed by atoms with Crippen molar-refractivity contribution in [3.8, 4) is 0 Å². The first-order valence-electron chi connectivity index (χ1n) is 5.87. The summed E-state index contributed by atoms with van der Waals surface area (Å²) in [6.07, 6.45) is 0. The van der Waals surface area contributed by atoms with Crippen molar-refractivity contribution in [2.24, 2.45) is 0 Å². The van der Waals surface area contributed by atoms with Crippen molar-refractivity contribution < 1.29 is 14.1 Å². The Hall–Kier alpha value is -2.19. The number of benzene rings is 1. The molecule has 0 atom stereocenters. The van der Waals surface area contributed by atoms with Crippen LogP contribution in [0.4, 0.5) is 11.7 Å². The van der Waals surface area contributed by atoms with Crippen LogP contribution in [0.1, 0.15) is 0 Å². The number of fused-ring (bicyclic) bond motifs is 1. The lowest BCUT2D eigenvalue weighted by Gasteiger charge is -2.25. The molecule has 1 aromatic carbocycles. The number of nitro groups is 1. The van der Waals surface area contributed by atoms with E-state index in [2.05, 4.69) is 10.4 Å². The number of para-hydroxylation sites is 1. The van der Waals surface area contributed by atoms with Gasteiger partial charge in [0.15, 0.2) is 11.1 Å². The minimum Gasteiger partial charge on any atom is -0.422 e. The van der Waals surface area contributed by atoms with E-state index in [4.69, 9.17) is 9.15 Å². The van der Waals surface area contributed by atoms with Gasteiger partial charge in [0.05, 0.1) is 18.1 Å². The third-order valence-electron chi connectivity index (χ3n) is 2.86. The number of hydrazine groups is 1. The number of nitro benzene ring substituents is 1. The third-order valence-corrected chi connectivity index (χ3v) is 2.86. The van der Waals surface area contributed by atoms with E-state index >= 15 is 0 Å². The molecule has 19 heavy (non-hydrogen) atoms. The van der Waals surface area contributed by atoms with Gasteiger partial charge in [-0.3, -0.25) is 15.5 Å². The van der Waals surface area contributed by atoms with E-state index in [-0.39, 0.29) is 17.2 Å². The van der Waals surface area contributed by atoms with E-state index in [1.165, 1.54) is 6.07 Å². The summed E-state index contributed by atoms with van der Waals surface area (Å²) in [6.45, 7) is 2.68. The molecule has 1 aliphatic rings. The Morgan fingerprint density at radius 2 is 2.16 bits per heavy atom. The first-order valence-corrected chi connectivity index (χ1v) is 5.87. The van der Waals surface area contributed by atoms with Gasteiger partial charge in [0.1, 0.15) is 0 Å². The topological polar surface area (TPSA) is 93.7 Å². The lowest BCUT2D eigenvalue weighted by Crippen LogP contribution is -2.40. The predicted molar refractivity (Wildman–Crippen MR) is 66.7 cm³/mol. The summed E-state index contributed by atoms with van der Waals surface area (Å²) >= 11 is 0. The maximum atomic E-state index is 10.9. The fourth-order valence-electron chi connectivity index (χ4n) is 1.94. The fourth-order valence-corrected chi connectivity index (χ4v) is 1.94. The second kappa shape index (κ2) is 4.82. The molecule has 8 nitrogen and oxygen atoms in total. The number of morpholine rings is 1. The summed E-state index contributed by atoms with van der Waals surface area (Å²) in [5.74, 6) is 0. The van der Waals surface area contributed by atoms with Crippen LogP contribution in [0, 0.1) is 10.1 Å². The second-order valence-corrected chi connectivity index (χ2v) is 4.11. The zero-order chi connectivity index (χ0) is 13.2. The predicted octanol–water partition coefficient (Wildman–Crippen LogP) is 1.40. The number of hydrogen-bond acceptors (Lipinski definition) is 7. The van der Waals surface area contributed by atoms with Gasteiger partial charge in [0.2, 0.25) is 0 Å². The normalized spacial score (nSPS) is 16.6. The van der Waals surface area contributed by atoms with Crippen LogP contribution in [0.5, 0.6) is 0 Å². The van der Waals surface area contributed by atoms with E-state index < -0.39 is 4.92 Å². The zero-order valence-corrected chi connectivity index (χ0v) is 10.0. The molecule has 1 aromatic heterocycles. The molecule has 2 heterocycles. The van der Waals surface area contributed by atoms with Crippen LogP contribution in [-0.4, -0.2) is 41.2 Å². The second-order valence-electron chi connectivity index (χ2n) is 4.11. The van der Waals surface area contributed by atoms with E-state index in [1.807, 2.05) is 5.01 Å². The molecule has 1 fully saturated rings. The Morgan fingerprint density at radius 3 is 2.89 bits per heavy atom. The molecule has 1 aliphatic heterocycles. The minimum absolute atomic E-state index is 0.0590. The van der Waals surface area contributed by atoms with Crippen LogP contribution in [0.15, 0.2) is 22.6 Å². The molecule has 1 saturated heterocycles. The number of aromatic nitrogens is 1. The molecule has 1 N–H and O–H groups in total. The average molecular weight is 264 g/mol. The molecule has 0 aliphatic carbocycles. The molecule has 3 rings (SSSR count). The van der Waals surface area contributed by atoms with Crippen molar-refractivity contribution >= 4 is 22.8 Å². The van der Waals surface area contributed by atoms with Gasteiger partial charge in [-0.25, -0.2) is 5.01 Å². The standard InChI is InChI=1S/C11H12N4O4/c16-15(17)8-2-1-3-9-10(8)12-11(19-9)13-14-4-6-18-7-5-14/h1-3H,4-7H2,(H,12,13). The van der Waals surface area contributed by atoms with Gasteiger partial charge < -0.3 is 9.15 Å². The molecule has 8 heteroatoms.